The van der Waals surface area contributed by atoms with E-state index in [9.17, 15) is 0 Å². The summed E-state index contributed by atoms with van der Waals surface area (Å²) in [5, 5.41) is 3.80. The van der Waals surface area contributed by atoms with Crippen molar-refractivity contribution in [3.63, 3.8) is 0 Å². The predicted octanol–water partition coefficient (Wildman–Crippen LogP) is 2.23. The van der Waals surface area contributed by atoms with Crippen LogP contribution in [0.25, 0.3) is 0 Å². The zero-order valence-corrected chi connectivity index (χ0v) is 10.6. The van der Waals surface area contributed by atoms with Gasteiger partial charge < -0.3 is 15.0 Å². The third kappa shape index (κ3) is 3.07. The summed E-state index contributed by atoms with van der Waals surface area (Å²) in [6.45, 7) is 4.20. The molecule has 0 bridgehead atoms. The lowest BCUT2D eigenvalue weighted by molar-refractivity contribution is 0.242. The summed E-state index contributed by atoms with van der Waals surface area (Å²) in [6, 6.07) is 7.70. The van der Waals surface area contributed by atoms with Crippen molar-refractivity contribution in [2.24, 2.45) is 5.73 Å². The van der Waals surface area contributed by atoms with Crippen LogP contribution in [0.15, 0.2) is 28.8 Å². The Hall–Kier alpha value is -1.88. The van der Waals surface area contributed by atoms with E-state index >= 15 is 0 Å². The van der Waals surface area contributed by atoms with Crippen molar-refractivity contribution in [3.8, 4) is 5.75 Å². The fourth-order valence-electron chi connectivity index (χ4n) is 1.51. The molecule has 0 radical (unpaired) electrons. The quantitative estimate of drug-likeness (QED) is 0.877. The van der Waals surface area contributed by atoms with E-state index in [1.54, 1.807) is 0 Å². The van der Waals surface area contributed by atoms with Crippen molar-refractivity contribution in [2.75, 3.05) is 0 Å². The van der Waals surface area contributed by atoms with Crippen LogP contribution in [-0.4, -0.2) is 10.1 Å². The Kier molecular flexibility index (Phi) is 3.94. The molecule has 0 fully saturated rings. The van der Waals surface area contributed by atoms with Crippen molar-refractivity contribution < 1.29 is 9.26 Å². The Labute approximate surface area is 106 Å². The third-order valence-corrected chi connectivity index (χ3v) is 2.59. The molecule has 1 heterocycles. The second kappa shape index (κ2) is 5.64. The van der Waals surface area contributed by atoms with Crippen molar-refractivity contribution in [2.45, 2.75) is 32.9 Å². The number of hydrogen-bond acceptors (Lipinski definition) is 5. The number of rotatable bonds is 5. The lowest BCUT2D eigenvalue weighted by Gasteiger charge is -2.07. The second-order valence-corrected chi connectivity index (χ2v) is 4.10. The van der Waals surface area contributed by atoms with Crippen molar-refractivity contribution >= 4 is 0 Å². The lowest BCUT2D eigenvalue weighted by atomic mass is 10.1. The normalized spacial score (nSPS) is 12.4. The van der Waals surface area contributed by atoms with Gasteiger partial charge in [-0.15, -0.1) is 0 Å². The van der Waals surface area contributed by atoms with E-state index in [0.717, 1.165) is 17.7 Å². The highest BCUT2D eigenvalue weighted by Crippen LogP contribution is 2.17. The third-order valence-electron chi connectivity index (χ3n) is 2.59. The summed E-state index contributed by atoms with van der Waals surface area (Å²) in [7, 11) is 0. The highest BCUT2D eigenvalue weighted by molar-refractivity contribution is 5.28. The zero-order valence-electron chi connectivity index (χ0n) is 10.6. The highest BCUT2D eigenvalue weighted by atomic mass is 16.5. The molecule has 2 N–H and O–H groups in total. The standard InChI is InChI=1S/C13H17N3O2/c1-3-12-15-13(18-16-12)8-17-11-6-4-10(5-7-11)9(2)14/h4-7,9H,3,8,14H2,1-2H3/t9-/m1/s1. The van der Waals surface area contributed by atoms with Gasteiger partial charge in [0, 0.05) is 12.5 Å². The van der Waals surface area contributed by atoms with Gasteiger partial charge in [-0.2, -0.15) is 4.98 Å². The molecule has 2 rings (SSSR count). The number of ether oxygens (including phenoxy) is 1. The van der Waals surface area contributed by atoms with E-state index in [-0.39, 0.29) is 12.6 Å². The average molecular weight is 247 g/mol. The van der Waals surface area contributed by atoms with Crippen molar-refractivity contribution in [3.05, 3.63) is 41.5 Å². The van der Waals surface area contributed by atoms with E-state index in [4.69, 9.17) is 15.0 Å². The van der Waals surface area contributed by atoms with Gasteiger partial charge in [-0.05, 0) is 24.6 Å². The molecule has 0 spiro atoms. The van der Waals surface area contributed by atoms with Crippen LogP contribution < -0.4 is 10.5 Å². The molecule has 0 saturated heterocycles. The Bertz CT molecular complexity index is 491. The first kappa shape index (κ1) is 12.6. The minimum atomic E-state index is 0.0297. The van der Waals surface area contributed by atoms with Gasteiger partial charge >= 0.3 is 0 Å². The first-order valence-electron chi connectivity index (χ1n) is 5.99. The number of hydrogen-bond donors (Lipinski definition) is 1. The molecular formula is C13H17N3O2. The lowest BCUT2D eigenvalue weighted by Crippen LogP contribution is -2.04. The Balaban J connectivity index is 1.93. The molecule has 96 valence electrons. The number of nitrogens with two attached hydrogens (primary N) is 1. The van der Waals surface area contributed by atoms with Crippen LogP contribution >= 0.6 is 0 Å². The van der Waals surface area contributed by atoms with E-state index in [1.807, 2.05) is 38.1 Å². The Morgan fingerprint density at radius 3 is 2.61 bits per heavy atom. The van der Waals surface area contributed by atoms with Gasteiger partial charge in [-0.25, -0.2) is 0 Å². The van der Waals surface area contributed by atoms with Gasteiger partial charge in [0.2, 0.25) is 0 Å². The first-order chi connectivity index (χ1) is 8.69. The maximum absolute atomic E-state index is 5.77. The highest BCUT2D eigenvalue weighted by Gasteiger charge is 2.05. The fourth-order valence-corrected chi connectivity index (χ4v) is 1.51. The number of nitrogens with zero attached hydrogens (tertiary/aromatic N) is 2. The second-order valence-electron chi connectivity index (χ2n) is 4.10. The van der Waals surface area contributed by atoms with E-state index < -0.39 is 0 Å². The molecule has 0 amide bonds. The molecule has 18 heavy (non-hydrogen) atoms. The molecule has 1 aromatic carbocycles. The summed E-state index contributed by atoms with van der Waals surface area (Å²) in [6.07, 6.45) is 0.757. The van der Waals surface area contributed by atoms with Gasteiger partial charge in [0.1, 0.15) is 5.75 Å². The monoisotopic (exact) mass is 247 g/mol. The van der Waals surface area contributed by atoms with Crippen LogP contribution in [0.4, 0.5) is 0 Å². The minimum absolute atomic E-state index is 0.0297. The molecule has 5 nitrogen and oxygen atoms in total. The summed E-state index contributed by atoms with van der Waals surface area (Å²) in [5.41, 5.74) is 6.85. The van der Waals surface area contributed by atoms with Crippen molar-refractivity contribution in [1.29, 1.82) is 0 Å². The van der Waals surface area contributed by atoms with Gasteiger partial charge in [-0.3, -0.25) is 0 Å². The molecule has 0 saturated carbocycles. The SMILES string of the molecule is CCc1noc(COc2ccc([C@@H](C)N)cc2)n1. The van der Waals surface area contributed by atoms with E-state index in [1.165, 1.54) is 0 Å². The van der Waals surface area contributed by atoms with Crippen LogP contribution in [0.5, 0.6) is 5.75 Å². The molecule has 0 aliphatic heterocycles. The first-order valence-corrected chi connectivity index (χ1v) is 5.99. The van der Waals surface area contributed by atoms with Gasteiger partial charge in [0.25, 0.3) is 5.89 Å². The number of aryl methyl sites for hydroxylation is 1. The average Bonchev–Trinajstić information content (AvgIpc) is 2.85. The number of benzene rings is 1. The molecule has 5 heteroatoms. The molecule has 1 aromatic heterocycles. The molecule has 0 aliphatic rings. The minimum Gasteiger partial charge on any atom is -0.484 e. The zero-order chi connectivity index (χ0) is 13.0. The largest absolute Gasteiger partial charge is 0.484 e. The molecule has 0 unspecified atom stereocenters. The van der Waals surface area contributed by atoms with Gasteiger partial charge in [0.15, 0.2) is 12.4 Å². The number of aromatic nitrogens is 2. The summed E-state index contributed by atoms with van der Waals surface area (Å²) in [4.78, 5) is 4.17. The predicted molar refractivity (Wildman–Crippen MR) is 67.1 cm³/mol. The molecular weight excluding hydrogens is 230 g/mol. The van der Waals surface area contributed by atoms with Crippen LogP contribution in [0.1, 0.15) is 37.2 Å². The molecule has 0 aliphatic carbocycles. The Morgan fingerprint density at radius 1 is 1.33 bits per heavy atom. The topological polar surface area (TPSA) is 74.2 Å². The van der Waals surface area contributed by atoms with E-state index in [2.05, 4.69) is 10.1 Å². The van der Waals surface area contributed by atoms with Crippen LogP contribution in [0.3, 0.4) is 0 Å². The summed E-state index contributed by atoms with van der Waals surface area (Å²) < 4.78 is 10.6. The maximum Gasteiger partial charge on any atom is 0.264 e. The van der Waals surface area contributed by atoms with E-state index in [0.29, 0.717) is 11.7 Å². The summed E-state index contributed by atoms with van der Waals surface area (Å²) in [5.74, 6) is 1.94. The van der Waals surface area contributed by atoms with Crippen LogP contribution in [0.2, 0.25) is 0 Å². The summed E-state index contributed by atoms with van der Waals surface area (Å²) >= 11 is 0. The van der Waals surface area contributed by atoms with Gasteiger partial charge in [0.05, 0.1) is 0 Å². The Morgan fingerprint density at radius 2 is 2.06 bits per heavy atom. The molecule has 2 aromatic rings. The fraction of sp³-hybridized carbons (Fsp3) is 0.385. The van der Waals surface area contributed by atoms with Crippen molar-refractivity contribution in [1.82, 2.24) is 10.1 Å². The smallest absolute Gasteiger partial charge is 0.264 e. The van der Waals surface area contributed by atoms with Gasteiger partial charge in [-0.1, -0.05) is 24.2 Å². The van der Waals surface area contributed by atoms with Crippen LogP contribution in [-0.2, 0) is 13.0 Å². The van der Waals surface area contributed by atoms with Crippen LogP contribution in [0, 0.1) is 0 Å². The molecule has 1 atom stereocenters. The maximum atomic E-state index is 5.77.